The standard InChI is InChI=1S/C20H22ClN3O3/c21-17-9-6-15(7-10-17)8-11-18(25)22-12-13-23-19(26)14-24-20(27)16-4-2-1-3-5-16/h1-7,9-10H,8,11-14H2,(H,22,25)(H,23,26)(H,24,27). The van der Waals surface area contributed by atoms with E-state index in [0.29, 0.717) is 36.5 Å². The van der Waals surface area contributed by atoms with Gasteiger partial charge in [-0.05, 0) is 36.2 Å². The number of aryl methyl sites for hydroxylation is 1. The van der Waals surface area contributed by atoms with Gasteiger partial charge in [0.1, 0.15) is 0 Å². The Bertz CT molecular complexity index is 764. The molecule has 2 aromatic carbocycles. The molecule has 27 heavy (non-hydrogen) atoms. The molecule has 6 nitrogen and oxygen atoms in total. The van der Waals surface area contributed by atoms with E-state index in [-0.39, 0.29) is 24.3 Å². The average molecular weight is 388 g/mol. The molecule has 0 saturated heterocycles. The number of nitrogens with one attached hydrogen (secondary N) is 3. The summed E-state index contributed by atoms with van der Waals surface area (Å²) in [6.45, 7) is 0.517. The third-order valence-corrected chi connectivity index (χ3v) is 4.02. The summed E-state index contributed by atoms with van der Waals surface area (Å²) in [5.41, 5.74) is 1.54. The van der Waals surface area contributed by atoms with Crippen LogP contribution in [0.4, 0.5) is 0 Å². The normalized spacial score (nSPS) is 10.1. The van der Waals surface area contributed by atoms with Crippen molar-refractivity contribution in [3.63, 3.8) is 0 Å². The van der Waals surface area contributed by atoms with E-state index in [1.54, 1.807) is 36.4 Å². The zero-order valence-corrected chi connectivity index (χ0v) is 15.6. The van der Waals surface area contributed by atoms with Crippen LogP contribution in [0.5, 0.6) is 0 Å². The molecule has 0 spiro atoms. The minimum absolute atomic E-state index is 0.0865. The summed E-state index contributed by atoms with van der Waals surface area (Å²) in [4.78, 5) is 35.3. The monoisotopic (exact) mass is 387 g/mol. The molecule has 0 aliphatic heterocycles. The van der Waals surface area contributed by atoms with Gasteiger partial charge in [-0.15, -0.1) is 0 Å². The second-order valence-corrected chi connectivity index (χ2v) is 6.31. The number of carbonyl (C=O) groups excluding carboxylic acids is 3. The van der Waals surface area contributed by atoms with Crippen molar-refractivity contribution < 1.29 is 14.4 Å². The van der Waals surface area contributed by atoms with Gasteiger partial charge in [-0.2, -0.15) is 0 Å². The maximum absolute atomic E-state index is 11.8. The number of hydrogen-bond donors (Lipinski definition) is 3. The van der Waals surface area contributed by atoms with Gasteiger partial charge >= 0.3 is 0 Å². The number of carbonyl (C=O) groups is 3. The first-order chi connectivity index (χ1) is 13.0. The Morgan fingerprint density at radius 2 is 1.41 bits per heavy atom. The van der Waals surface area contributed by atoms with Crippen LogP contribution in [-0.2, 0) is 16.0 Å². The fourth-order valence-electron chi connectivity index (χ4n) is 2.32. The molecule has 3 amide bonds. The molecule has 0 radical (unpaired) electrons. The van der Waals surface area contributed by atoms with Gasteiger partial charge in [-0.1, -0.05) is 41.9 Å². The zero-order valence-electron chi connectivity index (χ0n) is 14.8. The van der Waals surface area contributed by atoms with Crippen LogP contribution >= 0.6 is 11.6 Å². The molecule has 0 atom stereocenters. The minimum Gasteiger partial charge on any atom is -0.354 e. The lowest BCUT2D eigenvalue weighted by Gasteiger charge is -2.08. The van der Waals surface area contributed by atoms with E-state index in [2.05, 4.69) is 16.0 Å². The first kappa shape index (κ1) is 20.5. The molecule has 142 valence electrons. The van der Waals surface area contributed by atoms with Crippen LogP contribution in [0.3, 0.4) is 0 Å². The zero-order chi connectivity index (χ0) is 19.5. The van der Waals surface area contributed by atoms with Crippen molar-refractivity contribution in [2.24, 2.45) is 0 Å². The SMILES string of the molecule is O=C(CCc1ccc(Cl)cc1)NCCNC(=O)CNC(=O)c1ccccc1. The van der Waals surface area contributed by atoms with Gasteiger partial charge in [0.05, 0.1) is 6.54 Å². The van der Waals surface area contributed by atoms with E-state index in [1.165, 1.54) is 0 Å². The first-order valence-corrected chi connectivity index (χ1v) is 9.03. The molecule has 0 saturated carbocycles. The molecule has 0 bridgehead atoms. The summed E-state index contributed by atoms with van der Waals surface area (Å²) in [5.74, 6) is -0.701. The van der Waals surface area contributed by atoms with E-state index in [4.69, 9.17) is 11.6 Å². The van der Waals surface area contributed by atoms with Crippen molar-refractivity contribution in [3.05, 3.63) is 70.7 Å². The van der Waals surface area contributed by atoms with Crippen molar-refractivity contribution in [2.75, 3.05) is 19.6 Å². The van der Waals surface area contributed by atoms with Gasteiger partial charge in [0.15, 0.2) is 0 Å². The fraction of sp³-hybridized carbons (Fsp3) is 0.250. The molecule has 0 heterocycles. The Morgan fingerprint density at radius 3 is 2.07 bits per heavy atom. The lowest BCUT2D eigenvalue weighted by Crippen LogP contribution is -2.40. The highest BCUT2D eigenvalue weighted by molar-refractivity contribution is 6.30. The maximum atomic E-state index is 11.8. The second kappa shape index (κ2) is 11.0. The summed E-state index contributed by atoms with van der Waals surface area (Å²) in [6.07, 6.45) is 0.990. The average Bonchev–Trinajstić information content (AvgIpc) is 2.69. The van der Waals surface area contributed by atoms with Gasteiger partial charge in [-0.3, -0.25) is 14.4 Å². The van der Waals surface area contributed by atoms with Crippen LogP contribution in [0.1, 0.15) is 22.3 Å². The first-order valence-electron chi connectivity index (χ1n) is 8.65. The van der Waals surface area contributed by atoms with Crippen LogP contribution in [0.2, 0.25) is 5.02 Å². The fourth-order valence-corrected chi connectivity index (χ4v) is 2.44. The molecule has 3 N–H and O–H groups in total. The number of rotatable bonds is 9. The van der Waals surface area contributed by atoms with E-state index in [9.17, 15) is 14.4 Å². The smallest absolute Gasteiger partial charge is 0.251 e. The third kappa shape index (κ3) is 7.92. The number of benzene rings is 2. The highest BCUT2D eigenvalue weighted by Crippen LogP contribution is 2.10. The van der Waals surface area contributed by atoms with Gasteiger partial charge in [0, 0.05) is 30.1 Å². The van der Waals surface area contributed by atoms with Crippen LogP contribution in [0.25, 0.3) is 0 Å². The van der Waals surface area contributed by atoms with E-state index in [1.807, 2.05) is 18.2 Å². The maximum Gasteiger partial charge on any atom is 0.251 e. The summed E-state index contributed by atoms with van der Waals surface area (Å²) in [6, 6.07) is 16.0. The van der Waals surface area contributed by atoms with Crippen LogP contribution < -0.4 is 16.0 Å². The van der Waals surface area contributed by atoms with Crippen molar-refractivity contribution in [1.82, 2.24) is 16.0 Å². The van der Waals surface area contributed by atoms with Gasteiger partial charge in [0.2, 0.25) is 11.8 Å². The van der Waals surface area contributed by atoms with Gasteiger partial charge < -0.3 is 16.0 Å². The molecule has 7 heteroatoms. The number of amides is 3. The number of halogens is 1. The molecular formula is C20H22ClN3O3. The summed E-state index contributed by atoms with van der Waals surface area (Å²) in [5, 5.41) is 8.59. The van der Waals surface area contributed by atoms with Gasteiger partial charge in [-0.25, -0.2) is 0 Å². The molecule has 0 unspecified atom stereocenters. The molecule has 0 aliphatic carbocycles. The Morgan fingerprint density at radius 1 is 0.778 bits per heavy atom. The summed E-state index contributed by atoms with van der Waals surface area (Å²) in [7, 11) is 0. The van der Waals surface area contributed by atoms with Crippen molar-refractivity contribution in [1.29, 1.82) is 0 Å². The minimum atomic E-state index is -0.310. The predicted molar refractivity (Wildman–Crippen MR) is 105 cm³/mol. The Hall–Kier alpha value is -2.86. The van der Waals surface area contributed by atoms with E-state index in [0.717, 1.165) is 5.56 Å². The third-order valence-electron chi connectivity index (χ3n) is 3.77. The molecule has 0 aromatic heterocycles. The molecule has 0 fully saturated rings. The van der Waals surface area contributed by atoms with E-state index >= 15 is 0 Å². The molecule has 2 aromatic rings. The molecular weight excluding hydrogens is 366 g/mol. The summed E-state index contributed by atoms with van der Waals surface area (Å²) >= 11 is 5.82. The topological polar surface area (TPSA) is 87.3 Å². The predicted octanol–water partition coefficient (Wildman–Crippen LogP) is 1.93. The largest absolute Gasteiger partial charge is 0.354 e. The second-order valence-electron chi connectivity index (χ2n) is 5.88. The lowest BCUT2D eigenvalue weighted by atomic mass is 10.1. The van der Waals surface area contributed by atoms with Crippen LogP contribution in [0.15, 0.2) is 54.6 Å². The van der Waals surface area contributed by atoms with Gasteiger partial charge in [0.25, 0.3) is 5.91 Å². The lowest BCUT2D eigenvalue weighted by molar-refractivity contribution is -0.122. The summed E-state index contributed by atoms with van der Waals surface area (Å²) < 4.78 is 0. The molecule has 0 aliphatic rings. The Labute approximate surface area is 163 Å². The van der Waals surface area contributed by atoms with Crippen molar-refractivity contribution in [2.45, 2.75) is 12.8 Å². The van der Waals surface area contributed by atoms with Crippen LogP contribution in [-0.4, -0.2) is 37.4 Å². The number of hydrogen-bond acceptors (Lipinski definition) is 3. The Kier molecular flexibility index (Phi) is 8.32. The van der Waals surface area contributed by atoms with Crippen LogP contribution in [0, 0.1) is 0 Å². The molecule has 2 rings (SSSR count). The van der Waals surface area contributed by atoms with Crippen molar-refractivity contribution >= 4 is 29.3 Å². The highest BCUT2D eigenvalue weighted by Gasteiger charge is 2.07. The highest BCUT2D eigenvalue weighted by atomic mass is 35.5. The Balaban J connectivity index is 1.55. The van der Waals surface area contributed by atoms with E-state index < -0.39 is 0 Å². The quantitative estimate of drug-likeness (QED) is 0.574. The van der Waals surface area contributed by atoms with Crippen molar-refractivity contribution in [3.8, 4) is 0 Å².